The zero-order valence-corrected chi connectivity index (χ0v) is 17.7. The van der Waals surface area contributed by atoms with E-state index in [2.05, 4.69) is 21.1 Å². The van der Waals surface area contributed by atoms with E-state index in [0.29, 0.717) is 10.7 Å². The second-order valence-corrected chi connectivity index (χ2v) is 8.67. The van der Waals surface area contributed by atoms with E-state index in [9.17, 15) is 4.79 Å². The van der Waals surface area contributed by atoms with E-state index in [0.717, 1.165) is 31.6 Å². The summed E-state index contributed by atoms with van der Waals surface area (Å²) in [4.78, 5) is 22.4. The molecule has 0 aliphatic heterocycles. The number of aryl methyl sites for hydroxylation is 1. The Morgan fingerprint density at radius 1 is 1.00 bits per heavy atom. The van der Waals surface area contributed by atoms with Crippen LogP contribution in [0.4, 0.5) is 5.13 Å². The Morgan fingerprint density at radius 3 is 2.70 bits per heavy atom. The molecule has 0 unspecified atom stereocenters. The van der Waals surface area contributed by atoms with E-state index in [-0.39, 0.29) is 5.91 Å². The molecule has 3 aromatic carbocycles. The molecule has 5 nitrogen and oxygen atoms in total. The predicted molar refractivity (Wildman–Crippen MR) is 125 cm³/mol. The second-order valence-electron chi connectivity index (χ2n) is 6.77. The molecule has 0 atom stereocenters. The van der Waals surface area contributed by atoms with Gasteiger partial charge < -0.3 is 0 Å². The molecule has 0 saturated carbocycles. The Bertz CT molecular complexity index is 1390. The number of hydrazone groups is 1. The van der Waals surface area contributed by atoms with Gasteiger partial charge in [0.1, 0.15) is 0 Å². The van der Waals surface area contributed by atoms with Crippen molar-refractivity contribution in [2.45, 2.75) is 6.92 Å². The predicted octanol–water partition coefficient (Wildman–Crippen LogP) is 5.90. The number of amides is 1. The van der Waals surface area contributed by atoms with Gasteiger partial charge in [-0.25, -0.2) is 9.97 Å². The normalized spacial score (nSPS) is 11.5. The minimum atomic E-state index is -0.228. The van der Waals surface area contributed by atoms with Crippen molar-refractivity contribution in [3.63, 3.8) is 0 Å². The average Bonchev–Trinajstić information content (AvgIpc) is 3.40. The number of carbonyl (C=O) groups excluding carboxylic acids is 1. The van der Waals surface area contributed by atoms with E-state index < -0.39 is 0 Å². The standard InChI is InChI=1S/C23H16N4OS2/c1-15-7-9-19-21(11-15)30-23(26-19)27(25-13-16-5-3-2-4-6-16)22(28)17-8-10-18-20(12-17)29-14-24-18/h2-14H,1H3/b25-13+. The summed E-state index contributed by atoms with van der Waals surface area (Å²) in [6.07, 6.45) is 1.68. The highest BCUT2D eigenvalue weighted by atomic mass is 32.1. The summed E-state index contributed by atoms with van der Waals surface area (Å²) in [5.74, 6) is -0.228. The van der Waals surface area contributed by atoms with Crippen molar-refractivity contribution in [1.82, 2.24) is 9.97 Å². The maximum atomic E-state index is 13.4. The number of hydrogen-bond donors (Lipinski definition) is 0. The van der Waals surface area contributed by atoms with Crippen molar-refractivity contribution in [3.05, 3.63) is 88.9 Å². The summed E-state index contributed by atoms with van der Waals surface area (Å²) in [5, 5.41) is 6.44. The highest BCUT2D eigenvalue weighted by Gasteiger charge is 2.21. The molecule has 1 amide bonds. The van der Waals surface area contributed by atoms with Gasteiger partial charge in [-0.05, 0) is 48.4 Å². The van der Waals surface area contributed by atoms with Gasteiger partial charge in [-0.1, -0.05) is 47.7 Å². The lowest BCUT2D eigenvalue weighted by Crippen LogP contribution is -2.25. The number of carbonyl (C=O) groups is 1. The van der Waals surface area contributed by atoms with Crippen LogP contribution in [0.25, 0.3) is 20.4 Å². The molecule has 7 heteroatoms. The molecule has 5 rings (SSSR count). The highest BCUT2D eigenvalue weighted by Crippen LogP contribution is 2.31. The average molecular weight is 429 g/mol. The van der Waals surface area contributed by atoms with Crippen LogP contribution in [0.1, 0.15) is 21.5 Å². The summed E-state index contributed by atoms with van der Waals surface area (Å²) >= 11 is 2.96. The third-order valence-electron chi connectivity index (χ3n) is 4.61. The molecular weight excluding hydrogens is 412 g/mol. The van der Waals surface area contributed by atoms with Crippen LogP contribution in [0.5, 0.6) is 0 Å². The molecule has 5 aromatic rings. The molecule has 30 heavy (non-hydrogen) atoms. The van der Waals surface area contributed by atoms with Gasteiger partial charge in [0.15, 0.2) is 0 Å². The smallest absolute Gasteiger partial charge is 0.267 e. The number of hydrogen-bond acceptors (Lipinski definition) is 6. The van der Waals surface area contributed by atoms with Crippen molar-refractivity contribution >= 4 is 60.4 Å². The highest BCUT2D eigenvalue weighted by molar-refractivity contribution is 7.22. The third-order valence-corrected chi connectivity index (χ3v) is 6.39. The molecule has 146 valence electrons. The lowest BCUT2D eigenvalue weighted by atomic mass is 10.2. The first-order valence-corrected chi connectivity index (χ1v) is 11.0. The molecule has 0 bridgehead atoms. The van der Waals surface area contributed by atoms with Crippen LogP contribution in [0.15, 0.2) is 77.3 Å². The second kappa shape index (κ2) is 7.78. The number of nitrogens with zero attached hydrogens (tertiary/aromatic N) is 4. The maximum absolute atomic E-state index is 13.4. The Kier molecular flexibility index (Phi) is 4.82. The largest absolute Gasteiger partial charge is 0.280 e. The van der Waals surface area contributed by atoms with Crippen LogP contribution < -0.4 is 5.01 Å². The van der Waals surface area contributed by atoms with Gasteiger partial charge in [0, 0.05) is 5.56 Å². The van der Waals surface area contributed by atoms with Gasteiger partial charge >= 0.3 is 0 Å². The van der Waals surface area contributed by atoms with Crippen LogP contribution in [0.3, 0.4) is 0 Å². The number of anilines is 1. The van der Waals surface area contributed by atoms with Crippen LogP contribution >= 0.6 is 22.7 Å². The van der Waals surface area contributed by atoms with Crippen LogP contribution in [0, 0.1) is 6.92 Å². The van der Waals surface area contributed by atoms with Crippen molar-refractivity contribution in [2.75, 3.05) is 5.01 Å². The van der Waals surface area contributed by atoms with Gasteiger partial charge in [-0.3, -0.25) is 4.79 Å². The van der Waals surface area contributed by atoms with E-state index in [1.807, 2.05) is 61.5 Å². The Morgan fingerprint density at radius 2 is 1.83 bits per heavy atom. The van der Waals surface area contributed by atoms with Crippen LogP contribution in [-0.2, 0) is 0 Å². The fourth-order valence-electron chi connectivity index (χ4n) is 3.07. The lowest BCUT2D eigenvalue weighted by molar-refractivity contribution is 0.0988. The fraction of sp³-hybridized carbons (Fsp3) is 0.0435. The number of benzene rings is 3. The quantitative estimate of drug-likeness (QED) is 0.265. The van der Waals surface area contributed by atoms with Crippen molar-refractivity contribution < 1.29 is 4.79 Å². The number of thiazole rings is 2. The minimum absolute atomic E-state index is 0.228. The molecule has 0 aliphatic carbocycles. The Labute approximate surface area is 181 Å². The molecular formula is C23H16N4OS2. The molecule has 0 spiro atoms. The number of rotatable bonds is 4. The minimum Gasteiger partial charge on any atom is -0.267 e. The summed E-state index contributed by atoms with van der Waals surface area (Å²) in [5.41, 5.74) is 6.12. The van der Waals surface area contributed by atoms with Gasteiger partial charge in [-0.2, -0.15) is 10.1 Å². The summed E-state index contributed by atoms with van der Waals surface area (Å²) in [7, 11) is 0. The van der Waals surface area contributed by atoms with Crippen molar-refractivity contribution in [3.8, 4) is 0 Å². The molecule has 0 radical (unpaired) electrons. The zero-order chi connectivity index (χ0) is 20.5. The van der Waals surface area contributed by atoms with E-state index in [1.54, 1.807) is 17.8 Å². The number of fused-ring (bicyclic) bond motifs is 2. The SMILES string of the molecule is Cc1ccc2nc(N(/N=C/c3ccccc3)C(=O)c3ccc4ncsc4c3)sc2c1. The monoisotopic (exact) mass is 428 g/mol. The van der Waals surface area contributed by atoms with E-state index >= 15 is 0 Å². The summed E-state index contributed by atoms with van der Waals surface area (Å²) in [6.45, 7) is 2.04. The van der Waals surface area contributed by atoms with Gasteiger partial charge in [0.05, 0.1) is 32.2 Å². The fourth-order valence-corrected chi connectivity index (χ4v) is 4.81. The van der Waals surface area contributed by atoms with E-state index in [1.165, 1.54) is 27.7 Å². The third kappa shape index (κ3) is 3.60. The zero-order valence-electron chi connectivity index (χ0n) is 16.0. The molecule has 0 aliphatic rings. The molecule has 2 heterocycles. The lowest BCUT2D eigenvalue weighted by Gasteiger charge is -2.14. The van der Waals surface area contributed by atoms with Gasteiger partial charge in [0.2, 0.25) is 5.13 Å². The summed E-state index contributed by atoms with van der Waals surface area (Å²) < 4.78 is 1.99. The molecule has 0 saturated heterocycles. The molecule has 0 fully saturated rings. The number of aromatic nitrogens is 2. The summed E-state index contributed by atoms with van der Waals surface area (Å²) in [6, 6.07) is 21.3. The molecule has 0 N–H and O–H groups in total. The molecule has 2 aromatic heterocycles. The van der Waals surface area contributed by atoms with Crippen molar-refractivity contribution in [2.24, 2.45) is 5.10 Å². The van der Waals surface area contributed by atoms with Gasteiger partial charge in [-0.15, -0.1) is 11.3 Å². The van der Waals surface area contributed by atoms with Crippen LogP contribution in [0.2, 0.25) is 0 Å². The maximum Gasteiger partial charge on any atom is 0.280 e. The van der Waals surface area contributed by atoms with Gasteiger partial charge in [0.25, 0.3) is 5.91 Å². The Balaban J connectivity index is 1.58. The first kappa shape index (κ1) is 18.6. The Hall–Kier alpha value is -3.42. The van der Waals surface area contributed by atoms with Crippen molar-refractivity contribution in [1.29, 1.82) is 0 Å². The van der Waals surface area contributed by atoms with E-state index in [4.69, 9.17) is 0 Å². The van der Waals surface area contributed by atoms with Crippen LogP contribution in [-0.4, -0.2) is 22.1 Å². The first-order chi connectivity index (χ1) is 14.7. The first-order valence-electron chi connectivity index (χ1n) is 9.31. The topological polar surface area (TPSA) is 58.5 Å².